The number of benzene rings is 1. The van der Waals surface area contributed by atoms with Crippen molar-refractivity contribution in [3.63, 3.8) is 0 Å². The van der Waals surface area contributed by atoms with Crippen LogP contribution in [0.2, 0.25) is 5.02 Å². The molecule has 172 valence electrons. The molecule has 4 rings (SSSR count). The Morgan fingerprint density at radius 3 is 2.76 bits per heavy atom. The number of rotatable bonds is 7. The normalized spacial score (nSPS) is 11.3. The molecule has 34 heavy (non-hydrogen) atoms. The minimum Gasteiger partial charge on any atom is -0.366 e. The van der Waals surface area contributed by atoms with Crippen LogP contribution in [0.25, 0.3) is 11.2 Å². The van der Waals surface area contributed by atoms with Crippen molar-refractivity contribution in [3.05, 3.63) is 100 Å². The minimum atomic E-state index is -0.220. The van der Waals surface area contributed by atoms with Gasteiger partial charge in [-0.15, -0.1) is 0 Å². The summed E-state index contributed by atoms with van der Waals surface area (Å²) in [5.41, 5.74) is 4.37. The molecule has 8 nitrogen and oxygen atoms in total. The average molecular weight is 474 g/mol. The molecule has 0 unspecified atom stereocenters. The summed E-state index contributed by atoms with van der Waals surface area (Å²) >= 11 is 6.07. The number of anilines is 1. The van der Waals surface area contributed by atoms with Gasteiger partial charge in [0, 0.05) is 42.1 Å². The Bertz CT molecular complexity index is 1390. The number of aryl methyl sites for hydroxylation is 1. The van der Waals surface area contributed by atoms with Crippen LogP contribution >= 0.6 is 11.6 Å². The third-order valence-electron chi connectivity index (χ3n) is 5.12. The predicted molar refractivity (Wildman–Crippen MR) is 135 cm³/mol. The number of nitrogens with one attached hydrogen (secondary N) is 4. The molecule has 0 atom stereocenters. The number of halogens is 1. The quantitative estimate of drug-likeness (QED) is 0.237. The lowest BCUT2D eigenvalue weighted by atomic mass is 10.1. The lowest BCUT2D eigenvalue weighted by molar-refractivity contribution is 0.0964. The van der Waals surface area contributed by atoms with Crippen molar-refractivity contribution in [2.24, 2.45) is 0 Å². The fourth-order valence-corrected chi connectivity index (χ4v) is 3.65. The van der Waals surface area contributed by atoms with E-state index in [1.165, 1.54) is 6.20 Å². The molecule has 0 aliphatic carbocycles. The summed E-state index contributed by atoms with van der Waals surface area (Å²) in [4.78, 5) is 16.8. The van der Waals surface area contributed by atoms with Gasteiger partial charge < -0.3 is 16.0 Å². The van der Waals surface area contributed by atoms with E-state index in [4.69, 9.17) is 17.0 Å². The zero-order valence-electron chi connectivity index (χ0n) is 18.8. The van der Waals surface area contributed by atoms with Crippen LogP contribution in [0.5, 0.6) is 0 Å². The second kappa shape index (κ2) is 10.2. The van der Waals surface area contributed by atoms with Crippen molar-refractivity contribution in [2.45, 2.75) is 13.5 Å². The number of fused-ring (bicyclic) bond motifs is 1. The first kappa shape index (κ1) is 23.0. The number of aromatic nitrogens is 3. The number of pyridine rings is 2. The van der Waals surface area contributed by atoms with Crippen LogP contribution in [0.4, 0.5) is 5.82 Å². The van der Waals surface area contributed by atoms with Crippen molar-refractivity contribution >= 4 is 40.4 Å². The molecular weight excluding hydrogens is 450 g/mol. The summed E-state index contributed by atoms with van der Waals surface area (Å²) in [6, 6.07) is 16.9. The maximum Gasteiger partial charge on any atom is 0.254 e. The number of amides is 1. The number of carbonyl (C=O) groups excluding carboxylic acids is 1. The average Bonchev–Trinajstić information content (AvgIpc) is 3.25. The van der Waals surface area contributed by atoms with E-state index in [-0.39, 0.29) is 11.7 Å². The Hall–Kier alpha value is -4.17. The third-order valence-corrected chi connectivity index (χ3v) is 5.35. The van der Waals surface area contributed by atoms with Crippen molar-refractivity contribution in [1.29, 1.82) is 5.41 Å². The standard InChI is InChI=1S/C25H24ClN7O/c1-16-5-3-8-24(31-16)32-21(13-23(27)29-14-17-6-4-7-19(26)11-17)18-9-10-33-22(12-18)20(15-30-33)25(34)28-2/h3-13,15H,14H2,1-2H3,(H2,27,29)(H,28,34)(H,31,32)/b21-13-. The molecule has 0 radical (unpaired) electrons. The van der Waals surface area contributed by atoms with Crippen LogP contribution < -0.4 is 16.0 Å². The highest BCUT2D eigenvalue weighted by atomic mass is 35.5. The summed E-state index contributed by atoms with van der Waals surface area (Å²) in [7, 11) is 1.58. The molecule has 1 amide bonds. The van der Waals surface area contributed by atoms with Gasteiger partial charge in [0.15, 0.2) is 0 Å². The maximum absolute atomic E-state index is 12.3. The van der Waals surface area contributed by atoms with Crippen molar-refractivity contribution in [1.82, 2.24) is 25.2 Å². The van der Waals surface area contributed by atoms with Crippen molar-refractivity contribution in [2.75, 3.05) is 12.4 Å². The molecule has 0 bridgehead atoms. The van der Waals surface area contributed by atoms with Crippen LogP contribution in [-0.2, 0) is 6.54 Å². The molecule has 3 heterocycles. The number of hydrogen-bond acceptors (Lipinski definition) is 5. The second-order valence-corrected chi connectivity index (χ2v) is 8.06. The van der Waals surface area contributed by atoms with Gasteiger partial charge in [0.2, 0.25) is 0 Å². The maximum atomic E-state index is 12.3. The number of nitrogens with zero attached hydrogens (tertiary/aromatic N) is 3. The Morgan fingerprint density at radius 2 is 2.00 bits per heavy atom. The second-order valence-electron chi connectivity index (χ2n) is 7.63. The lowest BCUT2D eigenvalue weighted by Gasteiger charge is -2.13. The van der Waals surface area contributed by atoms with Gasteiger partial charge in [0.1, 0.15) is 11.7 Å². The number of carbonyl (C=O) groups is 1. The molecule has 0 aliphatic rings. The summed E-state index contributed by atoms with van der Waals surface area (Å²) < 4.78 is 1.64. The highest BCUT2D eigenvalue weighted by molar-refractivity contribution is 6.30. The highest BCUT2D eigenvalue weighted by Gasteiger charge is 2.14. The Kier molecular flexibility index (Phi) is 6.89. The van der Waals surface area contributed by atoms with Gasteiger partial charge in [0.25, 0.3) is 5.91 Å². The van der Waals surface area contributed by atoms with E-state index in [9.17, 15) is 4.79 Å². The van der Waals surface area contributed by atoms with Crippen LogP contribution in [0, 0.1) is 12.3 Å². The van der Waals surface area contributed by atoms with Gasteiger partial charge >= 0.3 is 0 Å². The molecule has 0 fully saturated rings. The van der Waals surface area contributed by atoms with E-state index in [0.29, 0.717) is 34.2 Å². The molecule has 0 saturated heterocycles. The molecule has 3 aromatic heterocycles. The van der Waals surface area contributed by atoms with Gasteiger partial charge in [0.05, 0.1) is 23.0 Å². The molecule has 1 aromatic carbocycles. The first-order chi connectivity index (χ1) is 16.4. The molecule has 9 heteroatoms. The predicted octanol–water partition coefficient (Wildman–Crippen LogP) is 4.27. The number of amidine groups is 1. The lowest BCUT2D eigenvalue weighted by Crippen LogP contribution is -2.21. The Balaban J connectivity index is 1.67. The third kappa shape index (κ3) is 5.41. The van der Waals surface area contributed by atoms with Crippen LogP contribution in [0.3, 0.4) is 0 Å². The smallest absolute Gasteiger partial charge is 0.254 e. The molecule has 4 N–H and O–H groups in total. The van der Waals surface area contributed by atoms with E-state index >= 15 is 0 Å². The van der Waals surface area contributed by atoms with E-state index in [2.05, 4.69) is 26.0 Å². The first-order valence-electron chi connectivity index (χ1n) is 10.6. The van der Waals surface area contributed by atoms with Crippen molar-refractivity contribution in [3.8, 4) is 0 Å². The zero-order chi connectivity index (χ0) is 24.1. The van der Waals surface area contributed by atoms with Crippen LogP contribution in [0.15, 0.2) is 73.1 Å². The first-order valence-corrected chi connectivity index (χ1v) is 11.0. The van der Waals surface area contributed by atoms with E-state index in [0.717, 1.165) is 16.8 Å². The summed E-state index contributed by atoms with van der Waals surface area (Å²) in [5.74, 6) is 0.630. The minimum absolute atomic E-state index is 0.204. The molecule has 0 aliphatic heterocycles. The highest BCUT2D eigenvalue weighted by Crippen LogP contribution is 2.21. The molecule has 4 aromatic rings. The Labute approximate surface area is 202 Å². The van der Waals surface area contributed by atoms with Gasteiger partial charge in [-0.25, -0.2) is 9.50 Å². The van der Waals surface area contributed by atoms with Crippen LogP contribution in [-0.4, -0.2) is 33.4 Å². The zero-order valence-corrected chi connectivity index (χ0v) is 19.5. The van der Waals surface area contributed by atoms with Gasteiger partial charge in [-0.05, 0) is 48.9 Å². The molecule has 0 saturated carbocycles. The topological polar surface area (TPSA) is 107 Å². The van der Waals surface area contributed by atoms with E-state index in [1.54, 1.807) is 23.8 Å². The number of hydrogen-bond donors (Lipinski definition) is 4. The van der Waals surface area contributed by atoms with Gasteiger partial charge in [-0.2, -0.15) is 5.10 Å². The molecule has 0 spiro atoms. The van der Waals surface area contributed by atoms with E-state index < -0.39 is 0 Å². The summed E-state index contributed by atoms with van der Waals surface area (Å²) in [6.07, 6.45) is 5.00. The largest absolute Gasteiger partial charge is 0.366 e. The van der Waals surface area contributed by atoms with Crippen molar-refractivity contribution < 1.29 is 4.79 Å². The Morgan fingerprint density at radius 1 is 1.18 bits per heavy atom. The summed E-state index contributed by atoms with van der Waals surface area (Å²) in [6.45, 7) is 2.37. The molecular formula is C25H24ClN7O. The monoisotopic (exact) mass is 473 g/mol. The van der Waals surface area contributed by atoms with Gasteiger partial charge in [-0.3, -0.25) is 10.2 Å². The SMILES string of the molecule is CNC(=O)c1cnn2ccc(/C(=C/C(=N)NCc3cccc(Cl)c3)Nc3cccc(C)n3)cc12. The van der Waals surface area contributed by atoms with Crippen LogP contribution in [0.1, 0.15) is 27.2 Å². The van der Waals surface area contributed by atoms with Gasteiger partial charge in [-0.1, -0.05) is 29.8 Å². The fourth-order valence-electron chi connectivity index (χ4n) is 3.44. The summed E-state index contributed by atoms with van der Waals surface area (Å²) in [5, 5.41) is 22.4. The fraction of sp³-hybridized carbons (Fsp3) is 0.120. The van der Waals surface area contributed by atoms with E-state index in [1.807, 2.05) is 61.5 Å².